The minimum Gasteiger partial charge on any atom is -0.310 e. The molecular weight excluding hydrogens is 230 g/mol. The Balaban J connectivity index is 1.50. The molecular formula is C18H29N. The van der Waals surface area contributed by atoms with Gasteiger partial charge in [0.1, 0.15) is 0 Å². The molecule has 0 aromatic rings. The SMILES string of the molecule is CCCNC(C1=CCCCC1)C1C2C3CCC(C3)C21. The first-order valence-electron chi connectivity index (χ1n) is 8.82. The van der Waals surface area contributed by atoms with Crippen LogP contribution in [0.15, 0.2) is 11.6 Å². The van der Waals surface area contributed by atoms with Crippen molar-refractivity contribution in [2.75, 3.05) is 6.54 Å². The molecule has 3 fully saturated rings. The summed E-state index contributed by atoms with van der Waals surface area (Å²) in [5, 5.41) is 3.93. The van der Waals surface area contributed by atoms with E-state index in [0.717, 1.165) is 35.6 Å². The lowest BCUT2D eigenvalue weighted by molar-refractivity contribution is 0.382. The van der Waals surface area contributed by atoms with Crippen molar-refractivity contribution in [1.29, 1.82) is 0 Å². The van der Waals surface area contributed by atoms with Crippen molar-refractivity contribution < 1.29 is 0 Å². The van der Waals surface area contributed by atoms with Crippen LogP contribution < -0.4 is 5.32 Å². The molecule has 106 valence electrons. The molecule has 4 aliphatic carbocycles. The standard InChI is InChI=1S/C18H29N/c1-2-10-19-18(12-6-4-3-5-7-12)17-15-13-8-9-14(11-13)16(15)17/h6,13-19H,2-5,7-11H2,1H3. The third kappa shape index (κ3) is 2.00. The van der Waals surface area contributed by atoms with Crippen LogP contribution in [0.2, 0.25) is 0 Å². The maximum absolute atomic E-state index is 3.93. The third-order valence-corrected chi connectivity index (χ3v) is 6.52. The third-order valence-electron chi connectivity index (χ3n) is 6.52. The van der Waals surface area contributed by atoms with Crippen molar-refractivity contribution in [3.8, 4) is 0 Å². The maximum Gasteiger partial charge on any atom is 0.0313 e. The average molecular weight is 259 g/mol. The smallest absolute Gasteiger partial charge is 0.0313 e. The van der Waals surface area contributed by atoms with E-state index in [1.807, 2.05) is 0 Å². The van der Waals surface area contributed by atoms with Gasteiger partial charge in [0.05, 0.1) is 0 Å². The maximum atomic E-state index is 3.93. The zero-order chi connectivity index (χ0) is 12.8. The lowest BCUT2D eigenvalue weighted by Crippen LogP contribution is -2.36. The molecule has 2 bridgehead atoms. The molecule has 5 unspecified atom stereocenters. The molecule has 1 nitrogen and oxygen atoms in total. The summed E-state index contributed by atoms with van der Waals surface area (Å²) in [4.78, 5) is 0. The number of hydrogen-bond acceptors (Lipinski definition) is 1. The van der Waals surface area contributed by atoms with Crippen LogP contribution in [0.25, 0.3) is 0 Å². The minimum absolute atomic E-state index is 0.763. The van der Waals surface area contributed by atoms with Crippen molar-refractivity contribution in [3.63, 3.8) is 0 Å². The Morgan fingerprint density at radius 2 is 2.00 bits per heavy atom. The minimum atomic E-state index is 0.763. The van der Waals surface area contributed by atoms with E-state index < -0.39 is 0 Å². The molecule has 0 saturated heterocycles. The Bertz CT molecular complexity index is 356. The lowest BCUT2D eigenvalue weighted by Gasteiger charge is -2.27. The number of hydrogen-bond donors (Lipinski definition) is 1. The Labute approximate surface area is 118 Å². The van der Waals surface area contributed by atoms with E-state index in [-0.39, 0.29) is 0 Å². The predicted octanol–water partition coefficient (Wildman–Crippen LogP) is 4.15. The molecule has 19 heavy (non-hydrogen) atoms. The second-order valence-corrected chi connectivity index (χ2v) is 7.52. The Kier molecular flexibility index (Phi) is 3.22. The molecule has 4 rings (SSSR count). The summed E-state index contributed by atoms with van der Waals surface area (Å²) in [6, 6.07) is 0.763. The summed E-state index contributed by atoms with van der Waals surface area (Å²) >= 11 is 0. The number of allylic oxidation sites excluding steroid dienone is 1. The Morgan fingerprint density at radius 3 is 2.63 bits per heavy atom. The van der Waals surface area contributed by atoms with E-state index >= 15 is 0 Å². The fraction of sp³-hybridized carbons (Fsp3) is 0.889. The van der Waals surface area contributed by atoms with Crippen LogP contribution in [-0.4, -0.2) is 12.6 Å². The largest absolute Gasteiger partial charge is 0.310 e. The van der Waals surface area contributed by atoms with Gasteiger partial charge in [-0.25, -0.2) is 0 Å². The molecule has 0 amide bonds. The lowest BCUT2D eigenvalue weighted by atomic mass is 9.87. The van der Waals surface area contributed by atoms with Crippen molar-refractivity contribution >= 4 is 0 Å². The van der Waals surface area contributed by atoms with Crippen molar-refractivity contribution in [2.24, 2.45) is 29.6 Å². The second-order valence-electron chi connectivity index (χ2n) is 7.52. The van der Waals surface area contributed by atoms with E-state index in [4.69, 9.17) is 0 Å². The van der Waals surface area contributed by atoms with E-state index in [2.05, 4.69) is 18.3 Å². The highest BCUT2D eigenvalue weighted by Crippen LogP contribution is 2.70. The molecule has 0 aliphatic heterocycles. The van der Waals surface area contributed by atoms with E-state index in [1.165, 1.54) is 38.6 Å². The molecule has 0 heterocycles. The van der Waals surface area contributed by atoms with Gasteiger partial charge < -0.3 is 5.32 Å². The number of fused-ring (bicyclic) bond motifs is 5. The zero-order valence-electron chi connectivity index (χ0n) is 12.4. The number of nitrogens with one attached hydrogen (secondary N) is 1. The van der Waals surface area contributed by atoms with Gasteiger partial charge in [-0.05, 0) is 87.5 Å². The van der Waals surface area contributed by atoms with Gasteiger partial charge in [-0.1, -0.05) is 18.6 Å². The molecule has 1 heteroatoms. The van der Waals surface area contributed by atoms with E-state index in [1.54, 1.807) is 24.8 Å². The Hall–Kier alpha value is -0.300. The molecule has 0 aromatic carbocycles. The summed E-state index contributed by atoms with van der Waals surface area (Å²) in [5.74, 6) is 5.51. The molecule has 3 saturated carbocycles. The normalized spacial score (nSPS) is 44.9. The van der Waals surface area contributed by atoms with Crippen LogP contribution >= 0.6 is 0 Å². The topological polar surface area (TPSA) is 12.0 Å². The molecule has 1 N–H and O–H groups in total. The Morgan fingerprint density at radius 1 is 1.21 bits per heavy atom. The van der Waals surface area contributed by atoms with Crippen molar-refractivity contribution in [3.05, 3.63) is 11.6 Å². The van der Waals surface area contributed by atoms with Gasteiger partial charge in [0.15, 0.2) is 0 Å². The van der Waals surface area contributed by atoms with Gasteiger partial charge in [0.25, 0.3) is 0 Å². The molecule has 0 radical (unpaired) electrons. The quantitative estimate of drug-likeness (QED) is 0.731. The average Bonchev–Trinajstić information content (AvgIpc) is 2.88. The summed E-state index contributed by atoms with van der Waals surface area (Å²) in [5.41, 5.74) is 1.79. The van der Waals surface area contributed by atoms with Crippen molar-refractivity contribution in [2.45, 2.75) is 64.3 Å². The van der Waals surface area contributed by atoms with Gasteiger partial charge in [0, 0.05) is 6.04 Å². The predicted molar refractivity (Wildman–Crippen MR) is 79.9 cm³/mol. The van der Waals surface area contributed by atoms with Crippen molar-refractivity contribution in [1.82, 2.24) is 5.32 Å². The molecule has 0 aromatic heterocycles. The van der Waals surface area contributed by atoms with E-state index in [0.29, 0.717) is 0 Å². The highest BCUT2D eigenvalue weighted by molar-refractivity contribution is 5.25. The van der Waals surface area contributed by atoms with Crippen LogP contribution in [0.5, 0.6) is 0 Å². The zero-order valence-corrected chi connectivity index (χ0v) is 12.4. The van der Waals surface area contributed by atoms with Gasteiger partial charge in [-0.3, -0.25) is 0 Å². The first-order valence-corrected chi connectivity index (χ1v) is 8.82. The van der Waals surface area contributed by atoms with Crippen LogP contribution in [0.3, 0.4) is 0 Å². The van der Waals surface area contributed by atoms with Gasteiger partial charge >= 0.3 is 0 Å². The van der Waals surface area contributed by atoms with Gasteiger partial charge in [-0.2, -0.15) is 0 Å². The summed E-state index contributed by atoms with van der Waals surface area (Å²) in [6.45, 7) is 3.52. The highest BCUT2D eigenvalue weighted by Gasteiger charge is 2.66. The van der Waals surface area contributed by atoms with Gasteiger partial charge in [0.2, 0.25) is 0 Å². The van der Waals surface area contributed by atoms with Crippen LogP contribution in [-0.2, 0) is 0 Å². The van der Waals surface area contributed by atoms with Gasteiger partial charge in [-0.15, -0.1) is 0 Å². The fourth-order valence-corrected chi connectivity index (χ4v) is 5.80. The summed E-state index contributed by atoms with van der Waals surface area (Å²) < 4.78 is 0. The molecule has 5 atom stereocenters. The van der Waals surface area contributed by atoms with Crippen LogP contribution in [0.4, 0.5) is 0 Å². The second kappa shape index (κ2) is 4.91. The highest BCUT2D eigenvalue weighted by atomic mass is 15.0. The molecule has 4 aliphatic rings. The monoisotopic (exact) mass is 259 g/mol. The molecule has 0 spiro atoms. The fourth-order valence-electron chi connectivity index (χ4n) is 5.80. The first kappa shape index (κ1) is 12.4. The summed E-state index contributed by atoms with van der Waals surface area (Å²) in [7, 11) is 0. The number of rotatable bonds is 5. The first-order chi connectivity index (χ1) is 9.40. The summed E-state index contributed by atoms with van der Waals surface area (Å²) in [6.07, 6.45) is 14.2. The van der Waals surface area contributed by atoms with Crippen LogP contribution in [0, 0.1) is 29.6 Å². The van der Waals surface area contributed by atoms with Crippen LogP contribution in [0.1, 0.15) is 58.3 Å². The van der Waals surface area contributed by atoms with E-state index in [9.17, 15) is 0 Å².